The quantitative estimate of drug-likeness (QED) is 0.436. The lowest BCUT2D eigenvalue weighted by atomic mass is 10.0. The average molecular weight is 528 g/mol. The molecule has 202 valence electrons. The van der Waals surface area contributed by atoms with Gasteiger partial charge in [-0.25, -0.2) is 8.42 Å². The molecule has 2 amide bonds. The largest absolute Gasteiger partial charge is 0.338 e. The number of rotatable bonds is 11. The van der Waals surface area contributed by atoms with Crippen molar-refractivity contribution in [3.05, 3.63) is 71.3 Å². The van der Waals surface area contributed by atoms with E-state index in [0.29, 0.717) is 51.0 Å². The van der Waals surface area contributed by atoms with E-state index in [1.807, 2.05) is 92.1 Å². The fraction of sp³-hybridized carbons (Fsp3) is 0.517. The fourth-order valence-corrected chi connectivity index (χ4v) is 6.38. The number of nitrogens with zero attached hydrogens (tertiary/aromatic N) is 3. The predicted molar refractivity (Wildman–Crippen MR) is 148 cm³/mol. The van der Waals surface area contributed by atoms with Crippen LogP contribution < -0.4 is 0 Å². The topological polar surface area (TPSA) is 78.0 Å². The molecule has 7 nitrogen and oxygen atoms in total. The third-order valence-electron chi connectivity index (χ3n) is 6.74. The molecule has 0 saturated carbocycles. The number of hydrogen-bond donors (Lipinski definition) is 0. The van der Waals surface area contributed by atoms with E-state index in [1.165, 1.54) is 4.31 Å². The van der Waals surface area contributed by atoms with Crippen LogP contribution in [-0.2, 0) is 21.4 Å². The molecule has 2 aromatic carbocycles. The molecule has 3 rings (SSSR count). The maximum Gasteiger partial charge on any atom is 0.253 e. The number of amides is 2. The van der Waals surface area contributed by atoms with Gasteiger partial charge in [-0.3, -0.25) is 9.59 Å². The van der Waals surface area contributed by atoms with Crippen molar-refractivity contribution >= 4 is 21.8 Å². The van der Waals surface area contributed by atoms with Crippen LogP contribution in [-0.4, -0.2) is 72.3 Å². The third-order valence-corrected chi connectivity index (χ3v) is 8.73. The smallest absolute Gasteiger partial charge is 0.253 e. The van der Waals surface area contributed by atoms with E-state index < -0.39 is 10.0 Å². The van der Waals surface area contributed by atoms with Crippen molar-refractivity contribution in [3.8, 4) is 0 Å². The van der Waals surface area contributed by atoms with Gasteiger partial charge in [-0.15, -0.1) is 0 Å². The summed E-state index contributed by atoms with van der Waals surface area (Å²) in [6.07, 6.45) is 1.82. The maximum atomic E-state index is 13.7. The predicted octanol–water partition coefficient (Wildman–Crippen LogP) is 4.33. The summed E-state index contributed by atoms with van der Waals surface area (Å²) in [4.78, 5) is 30.4. The summed E-state index contributed by atoms with van der Waals surface area (Å²) < 4.78 is 27.2. The molecule has 0 aromatic heterocycles. The minimum absolute atomic E-state index is 0.00755. The highest BCUT2D eigenvalue weighted by Gasteiger charge is 2.33. The van der Waals surface area contributed by atoms with E-state index in [4.69, 9.17) is 0 Å². The van der Waals surface area contributed by atoms with Gasteiger partial charge in [0, 0.05) is 37.8 Å². The standard InChI is InChI=1S/C29H41N3O4S/c1-5-19-37(35,36)31(20-23(2)3)22-28(33)32(21-25-9-7-6-8-10-25)27-15-17-30(18-16-27)29(34)26-13-11-24(4)12-14-26/h6-14,23,27H,5,15-22H2,1-4H3. The molecule has 1 saturated heterocycles. The zero-order valence-electron chi connectivity index (χ0n) is 22.6. The van der Waals surface area contributed by atoms with Gasteiger partial charge in [0.05, 0.1) is 12.3 Å². The average Bonchev–Trinajstić information content (AvgIpc) is 2.87. The van der Waals surface area contributed by atoms with Crippen molar-refractivity contribution in [1.82, 2.24) is 14.1 Å². The number of sulfonamides is 1. The number of hydrogen-bond acceptors (Lipinski definition) is 4. The van der Waals surface area contributed by atoms with Gasteiger partial charge in [-0.2, -0.15) is 4.31 Å². The molecule has 0 spiro atoms. The van der Waals surface area contributed by atoms with Crippen LogP contribution >= 0.6 is 0 Å². The highest BCUT2D eigenvalue weighted by molar-refractivity contribution is 7.89. The fourth-order valence-electron chi connectivity index (χ4n) is 4.77. The van der Waals surface area contributed by atoms with Crippen molar-refractivity contribution in [2.24, 2.45) is 5.92 Å². The van der Waals surface area contributed by atoms with Crippen LogP contribution in [0, 0.1) is 12.8 Å². The summed E-state index contributed by atoms with van der Waals surface area (Å²) in [7, 11) is -3.52. The molecule has 1 fully saturated rings. The molecule has 37 heavy (non-hydrogen) atoms. The molecule has 1 heterocycles. The Bertz CT molecular complexity index is 1130. The lowest BCUT2D eigenvalue weighted by molar-refractivity contribution is -0.135. The number of carbonyl (C=O) groups is 2. The molecule has 1 aliphatic rings. The molecule has 0 N–H and O–H groups in total. The summed E-state index contributed by atoms with van der Waals surface area (Å²) in [5, 5.41) is 0. The Morgan fingerprint density at radius 2 is 1.62 bits per heavy atom. The molecule has 8 heteroatoms. The zero-order valence-corrected chi connectivity index (χ0v) is 23.4. The van der Waals surface area contributed by atoms with E-state index >= 15 is 0 Å². The molecule has 0 aliphatic carbocycles. The Labute approximate surface area is 222 Å². The molecular weight excluding hydrogens is 486 g/mol. The first-order valence-corrected chi connectivity index (χ1v) is 14.9. The second-order valence-electron chi connectivity index (χ2n) is 10.4. The SMILES string of the molecule is CCCS(=O)(=O)N(CC(=O)N(Cc1ccccc1)C1CCN(C(=O)c2ccc(C)cc2)CC1)CC(C)C. The van der Waals surface area contributed by atoms with Gasteiger partial charge in [0.1, 0.15) is 0 Å². The molecule has 2 aromatic rings. The highest BCUT2D eigenvalue weighted by Crippen LogP contribution is 2.22. The van der Waals surface area contributed by atoms with E-state index in [0.717, 1.165) is 11.1 Å². The van der Waals surface area contributed by atoms with Gasteiger partial charge < -0.3 is 9.80 Å². The van der Waals surface area contributed by atoms with E-state index in [1.54, 1.807) is 0 Å². The summed E-state index contributed by atoms with van der Waals surface area (Å²) in [5.41, 5.74) is 2.78. The first-order chi connectivity index (χ1) is 17.6. The lowest BCUT2D eigenvalue weighted by Gasteiger charge is -2.39. The molecule has 0 bridgehead atoms. The van der Waals surface area contributed by atoms with Crippen molar-refractivity contribution in [1.29, 1.82) is 0 Å². The monoisotopic (exact) mass is 527 g/mol. The number of piperidine rings is 1. The normalized spacial score (nSPS) is 14.8. The summed E-state index contributed by atoms with van der Waals surface area (Å²) in [5.74, 6) is -0.0377. The van der Waals surface area contributed by atoms with Gasteiger partial charge >= 0.3 is 0 Å². The van der Waals surface area contributed by atoms with Crippen LogP contribution in [0.5, 0.6) is 0 Å². The summed E-state index contributed by atoms with van der Waals surface area (Å²) in [6, 6.07) is 17.3. The lowest BCUT2D eigenvalue weighted by Crippen LogP contribution is -2.51. The Balaban J connectivity index is 1.76. The van der Waals surface area contributed by atoms with E-state index in [9.17, 15) is 18.0 Å². The van der Waals surface area contributed by atoms with Crippen LogP contribution in [0.25, 0.3) is 0 Å². The molecule has 0 unspecified atom stereocenters. The number of carbonyl (C=O) groups excluding carboxylic acids is 2. The minimum Gasteiger partial charge on any atom is -0.338 e. The second-order valence-corrected chi connectivity index (χ2v) is 12.5. The highest BCUT2D eigenvalue weighted by atomic mass is 32.2. The Kier molecular flexibility index (Phi) is 10.3. The Hall–Kier alpha value is -2.71. The Morgan fingerprint density at radius 1 is 1.00 bits per heavy atom. The van der Waals surface area contributed by atoms with Crippen LogP contribution in [0.4, 0.5) is 0 Å². The first kappa shape index (κ1) is 28.9. The van der Waals surface area contributed by atoms with Crippen LogP contribution in [0.15, 0.2) is 54.6 Å². The first-order valence-electron chi connectivity index (χ1n) is 13.3. The van der Waals surface area contributed by atoms with Crippen molar-refractivity contribution in [2.45, 2.75) is 59.5 Å². The number of aryl methyl sites for hydroxylation is 1. The van der Waals surface area contributed by atoms with Crippen LogP contribution in [0.3, 0.4) is 0 Å². The number of likely N-dealkylation sites (tertiary alicyclic amines) is 1. The second kappa shape index (κ2) is 13.2. The summed E-state index contributed by atoms with van der Waals surface area (Å²) in [6.45, 7) is 9.43. The van der Waals surface area contributed by atoms with Gasteiger partial charge in [-0.05, 0) is 49.8 Å². The summed E-state index contributed by atoms with van der Waals surface area (Å²) >= 11 is 0. The van der Waals surface area contributed by atoms with Gasteiger partial charge in [0.2, 0.25) is 15.9 Å². The van der Waals surface area contributed by atoms with Gasteiger partial charge in [0.15, 0.2) is 0 Å². The van der Waals surface area contributed by atoms with Crippen LogP contribution in [0.2, 0.25) is 0 Å². The van der Waals surface area contributed by atoms with Crippen molar-refractivity contribution in [2.75, 3.05) is 31.9 Å². The van der Waals surface area contributed by atoms with Crippen molar-refractivity contribution < 1.29 is 18.0 Å². The third kappa shape index (κ3) is 8.14. The molecule has 1 aliphatic heterocycles. The van der Waals surface area contributed by atoms with Gasteiger partial charge in [-0.1, -0.05) is 68.8 Å². The van der Waals surface area contributed by atoms with Crippen molar-refractivity contribution in [3.63, 3.8) is 0 Å². The van der Waals surface area contributed by atoms with Crippen LogP contribution in [0.1, 0.15) is 61.5 Å². The number of benzene rings is 2. The minimum atomic E-state index is -3.52. The Morgan fingerprint density at radius 3 is 2.19 bits per heavy atom. The van der Waals surface area contributed by atoms with E-state index in [-0.39, 0.29) is 36.1 Å². The molecular formula is C29H41N3O4S. The van der Waals surface area contributed by atoms with E-state index in [2.05, 4.69) is 0 Å². The zero-order chi connectivity index (χ0) is 27.0. The van der Waals surface area contributed by atoms with Gasteiger partial charge in [0.25, 0.3) is 5.91 Å². The molecule has 0 radical (unpaired) electrons. The molecule has 0 atom stereocenters. The maximum absolute atomic E-state index is 13.7.